The van der Waals surface area contributed by atoms with Crippen molar-refractivity contribution in [3.05, 3.63) is 41.8 Å². The van der Waals surface area contributed by atoms with E-state index in [0.717, 1.165) is 58.5 Å². The van der Waals surface area contributed by atoms with Crippen LogP contribution in [0.2, 0.25) is 0 Å². The summed E-state index contributed by atoms with van der Waals surface area (Å²) < 4.78 is 24.7. The fourth-order valence-electron chi connectivity index (χ4n) is 6.04. The Bertz CT molecular complexity index is 1170. The number of likely N-dealkylation sites (tertiary alicyclic amines) is 1. The topological polar surface area (TPSA) is 81.9 Å². The van der Waals surface area contributed by atoms with Crippen LogP contribution in [-0.2, 0) is 4.74 Å². The Morgan fingerprint density at radius 3 is 2.72 bits per heavy atom. The Kier molecular flexibility index (Phi) is 6.71. The lowest BCUT2D eigenvalue weighted by atomic mass is 9.78. The number of methoxy groups -OCH3 is 1. The SMILES string of the molecule is CCOC(=O)N1CC2(CC[C@@H](N3CCN(c4cc(F)cnc4-c4ccc(OC)cc4C#N)CC3)C2)C1. The van der Waals surface area contributed by atoms with Gasteiger partial charge in [-0.2, -0.15) is 5.26 Å². The number of benzene rings is 1. The van der Waals surface area contributed by atoms with E-state index < -0.39 is 5.82 Å². The van der Waals surface area contributed by atoms with Gasteiger partial charge in [-0.05, 0) is 44.4 Å². The lowest BCUT2D eigenvalue weighted by Gasteiger charge is -2.48. The first-order valence-electron chi connectivity index (χ1n) is 12.6. The molecule has 1 spiro atoms. The minimum absolute atomic E-state index is 0.198. The van der Waals surface area contributed by atoms with Crippen LogP contribution < -0.4 is 9.64 Å². The van der Waals surface area contributed by atoms with Crippen LogP contribution in [0.25, 0.3) is 11.3 Å². The summed E-state index contributed by atoms with van der Waals surface area (Å²) in [6.07, 6.45) is 4.39. The van der Waals surface area contributed by atoms with Gasteiger partial charge in [0.05, 0.1) is 42.9 Å². The summed E-state index contributed by atoms with van der Waals surface area (Å²) in [6, 6.07) is 9.54. The monoisotopic (exact) mass is 493 g/mol. The predicted octanol–water partition coefficient (Wildman–Crippen LogP) is 3.90. The molecule has 1 saturated carbocycles. The molecule has 1 aromatic carbocycles. The number of ether oxygens (including phenoxy) is 2. The Balaban J connectivity index is 1.25. The number of amides is 1. The average Bonchev–Trinajstić information content (AvgIpc) is 3.34. The molecule has 0 N–H and O–H groups in total. The zero-order chi connectivity index (χ0) is 25.3. The summed E-state index contributed by atoms with van der Waals surface area (Å²) in [6.45, 7) is 7.11. The Morgan fingerprint density at radius 1 is 1.25 bits per heavy atom. The van der Waals surface area contributed by atoms with Crippen molar-refractivity contribution in [2.45, 2.75) is 32.2 Å². The molecule has 0 unspecified atom stereocenters. The summed E-state index contributed by atoms with van der Waals surface area (Å²) in [5.74, 6) is 0.204. The number of nitriles is 1. The number of aromatic nitrogens is 1. The van der Waals surface area contributed by atoms with Crippen molar-refractivity contribution in [3.8, 4) is 23.1 Å². The van der Waals surface area contributed by atoms with Crippen LogP contribution in [0.5, 0.6) is 5.75 Å². The maximum atomic E-state index is 14.3. The number of anilines is 1. The van der Waals surface area contributed by atoms with Gasteiger partial charge in [0.15, 0.2) is 0 Å². The van der Waals surface area contributed by atoms with Crippen molar-refractivity contribution < 1.29 is 18.7 Å². The van der Waals surface area contributed by atoms with Crippen LogP contribution in [0.1, 0.15) is 31.7 Å². The molecular weight excluding hydrogens is 461 g/mol. The van der Waals surface area contributed by atoms with E-state index in [9.17, 15) is 14.4 Å². The molecule has 3 fully saturated rings. The largest absolute Gasteiger partial charge is 0.497 e. The predicted molar refractivity (Wildman–Crippen MR) is 133 cm³/mol. The summed E-state index contributed by atoms with van der Waals surface area (Å²) in [5.41, 5.74) is 2.67. The van der Waals surface area contributed by atoms with Crippen molar-refractivity contribution >= 4 is 11.8 Å². The molecule has 3 heterocycles. The molecule has 1 atom stereocenters. The standard InChI is InChI=1S/C27H32FN5O3/c1-3-36-26(34)33-17-27(18-33)7-6-21(14-27)31-8-10-32(11-9-31)24-13-20(28)16-30-25(24)23-5-4-22(35-2)12-19(23)15-29/h4-5,12-13,16,21H,3,6-11,14,17-18H2,1-2H3/t21-/m1/s1. The minimum atomic E-state index is -0.392. The number of pyridine rings is 1. The number of nitrogens with zero attached hydrogens (tertiary/aromatic N) is 5. The number of piperazine rings is 1. The molecule has 9 heteroatoms. The van der Waals surface area contributed by atoms with E-state index in [2.05, 4.69) is 20.9 Å². The molecule has 190 valence electrons. The maximum absolute atomic E-state index is 14.3. The number of hydrogen-bond acceptors (Lipinski definition) is 7. The van der Waals surface area contributed by atoms with Crippen molar-refractivity contribution in [1.82, 2.24) is 14.8 Å². The third-order valence-corrected chi connectivity index (χ3v) is 7.86. The molecule has 1 aromatic heterocycles. The van der Waals surface area contributed by atoms with E-state index in [4.69, 9.17) is 9.47 Å². The van der Waals surface area contributed by atoms with Gasteiger partial charge in [0.2, 0.25) is 0 Å². The molecule has 36 heavy (non-hydrogen) atoms. The molecular formula is C27H32FN5O3. The zero-order valence-corrected chi connectivity index (χ0v) is 20.9. The van der Waals surface area contributed by atoms with E-state index in [1.165, 1.54) is 12.3 Å². The van der Waals surface area contributed by atoms with Gasteiger partial charge in [0, 0.05) is 62.4 Å². The van der Waals surface area contributed by atoms with Crippen molar-refractivity contribution in [2.75, 3.05) is 57.9 Å². The highest BCUT2D eigenvalue weighted by molar-refractivity contribution is 5.79. The molecule has 5 rings (SSSR count). The highest BCUT2D eigenvalue weighted by atomic mass is 19.1. The second-order valence-corrected chi connectivity index (χ2v) is 10.0. The lowest BCUT2D eigenvalue weighted by molar-refractivity contribution is -0.00294. The van der Waals surface area contributed by atoms with Gasteiger partial charge in [-0.1, -0.05) is 0 Å². The fraction of sp³-hybridized carbons (Fsp3) is 0.519. The molecule has 1 aliphatic carbocycles. The molecule has 2 saturated heterocycles. The van der Waals surface area contributed by atoms with Gasteiger partial charge in [-0.15, -0.1) is 0 Å². The van der Waals surface area contributed by atoms with Crippen molar-refractivity contribution in [1.29, 1.82) is 5.26 Å². The van der Waals surface area contributed by atoms with Crippen LogP contribution in [0.15, 0.2) is 30.5 Å². The average molecular weight is 494 g/mol. The first-order chi connectivity index (χ1) is 17.4. The Labute approximate surface area is 211 Å². The van der Waals surface area contributed by atoms with E-state index in [1.807, 2.05) is 17.9 Å². The smallest absolute Gasteiger partial charge is 0.409 e. The second kappa shape index (κ2) is 9.94. The molecule has 8 nitrogen and oxygen atoms in total. The summed E-state index contributed by atoms with van der Waals surface area (Å²) >= 11 is 0. The Morgan fingerprint density at radius 2 is 2.03 bits per heavy atom. The van der Waals surface area contributed by atoms with Gasteiger partial charge in [-0.25, -0.2) is 9.18 Å². The number of rotatable bonds is 5. The molecule has 0 bridgehead atoms. The highest BCUT2D eigenvalue weighted by Crippen LogP contribution is 2.47. The number of carbonyl (C=O) groups is 1. The number of hydrogen-bond donors (Lipinski definition) is 0. The van der Waals surface area contributed by atoms with E-state index in [1.54, 1.807) is 19.2 Å². The fourth-order valence-corrected chi connectivity index (χ4v) is 6.04. The summed E-state index contributed by atoms with van der Waals surface area (Å²) in [7, 11) is 1.56. The molecule has 2 aromatic rings. The van der Waals surface area contributed by atoms with Crippen LogP contribution in [0.3, 0.4) is 0 Å². The molecule has 3 aliphatic rings. The van der Waals surface area contributed by atoms with Gasteiger partial charge in [-0.3, -0.25) is 9.88 Å². The van der Waals surface area contributed by atoms with Gasteiger partial charge in [0.1, 0.15) is 11.6 Å². The van der Waals surface area contributed by atoms with Crippen molar-refractivity contribution in [2.24, 2.45) is 5.41 Å². The van der Waals surface area contributed by atoms with Gasteiger partial charge in [0.25, 0.3) is 0 Å². The maximum Gasteiger partial charge on any atom is 0.409 e. The number of halogens is 1. The first kappa shape index (κ1) is 24.3. The van der Waals surface area contributed by atoms with Gasteiger partial charge < -0.3 is 19.3 Å². The lowest BCUT2D eigenvalue weighted by Crippen LogP contribution is -2.58. The van der Waals surface area contributed by atoms with Crippen LogP contribution in [-0.4, -0.2) is 79.9 Å². The second-order valence-electron chi connectivity index (χ2n) is 10.0. The first-order valence-corrected chi connectivity index (χ1v) is 12.6. The molecule has 0 radical (unpaired) electrons. The summed E-state index contributed by atoms with van der Waals surface area (Å²) in [4.78, 5) is 22.9. The van der Waals surface area contributed by atoms with E-state index >= 15 is 0 Å². The summed E-state index contributed by atoms with van der Waals surface area (Å²) in [5, 5.41) is 9.70. The zero-order valence-electron chi connectivity index (χ0n) is 20.9. The van der Waals surface area contributed by atoms with Crippen molar-refractivity contribution in [3.63, 3.8) is 0 Å². The Hall–Kier alpha value is -3.38. The van der Waals surface area contributed by atoms with Crippen LogP contribution >= 0.6 is 0 Å². The molecule has 2 aliphatic heterocycles. The quantitative estimate of drug-likeness (QED) is 0.625. The highest BCUT2D eigenvalue weighted by Gasteiger charge is 2.51. The van der Waals surface area contributed by atoms with Gasteiger partial charge >= 0.3 is 6.09 Å². The number of carbonyl (C=O) groups excluding carboxylic acids is 1. The minimum Gasteiger partial charge on any atom is -0.497 e. The third kappa shape index (κ3) is 4.58. The normalized spacial score (nSPS) is 21.2. The van der Waals surface area contributed by atoms with Crippen LogP contribution in [0, 0.1) is 22.6 Å². The van der Waals surface area contributed by atoms with Crippen LogP contribution in [0.4, 0.5) is 14.9 Å². The molecule has 1 amide bonds. The third-order valence-electron chi connectivity index (χ3n) is 7.86. The van der Waals surface area contributed by atoms with E-state index in [0.29, 0.717) is 40.9 Å². The van der Waals surface area contributed by atoms with E-state index in [-0.39, 0.29) is 11.5 Å².